The largest absolute Gasteiger partial charge is 0.477 e. The van der Waals surface area contributed by atoms with Crippen molar-refractivity contribution in [1.29, 1.82) is 0 Å². The molecule has 6 N–H and O–H groups in total. The fourth-order valence-electron chi connectivity index (χ4n) is 9.91. The molecule has 3 atom stereocenters. The lowest BCUT2D eigenvalue weighted by molar-refractivity contribution is 0.0684. The number of carboxylic acids is 3. The van der Waals surface area contributed by atoms with Crippen LogP contribution in [-0.4, -0.2) is 124 Å². The van der Waals surface area contributed by atoms with Gasteiger partial charge in [-0.1, -0.05) is 0 Å². The molecule has 3 aliphatic heterocycles. The van der Waals surface area contributed by atoms with Gasteiger partial charge in [-0.3, -0.25) is 14.4 Å². The van der Waals surface area contributed by atoms with Gasteiger partial charge in [0.15, 0.2) is 17.5 Å². The topological polar surface area (TPSA) is 224 Å². The van der Waals surface area contributed by atoms with E-state index >= 15 is 13.2 Å². The molecule has 18 nitrogen and oxygen atoms in total. The molecule has 27 heteroatoms. The zero-order valence-electron chi connectivity index (χ0n) is 43.1. The number of anilines is 3. The van der Waals surface area contributed by atoms with Crippen LogP contribution in [0, 0.1) is 34.9 Å². The molecule has 9 rings (SSSR count). The first-order valence-electron chi connectivity index (χ1n) is 24.3. The molecule has 3 saturated heterocycles. The quantitative estimate of drug-likeness (QED) is 0.0834. The summed E-state index contributed by atoms with van der Waals surface area (Å²) in [5.74, 6) is -9.34. The monoisotopic (exact) mass is 1160 g/mol. The summed E-state index contributed by atoms with van der Waals surface area (Å²) in [4.78, 5) is 75.5. The maximum absolute atomic E-state index is 15.2. The number of benzene rings is 3. The summed E-state index contributed by atoms with van der Waals surface area (Å²) in [6.07, 6.45) is 3.33. The first kappa shape index (κ1) is 64.0. The molecule has 0 spiro atoms. The van der Waals surface area contributed by atoms with Gasteiger partial charge in [0.1, 0.15) is 51.2 Å². The summed E-state index contributed by atoms with van der Waals surface area (Å²) < 4.78 is 93.5. The van der Waals surface area contributed by atoms with E-state index in [2.05, 4.69) is 16.0 Å². The summed E-state index contributed by atoms with van der Waals surface area (Å²) in [6, 6.07) is 3.06. The standard InChI is InChI=1S/3C17H19F2N3O3.3ClH/c3*1-3-21-8-11(17(24)25)16(23)10-6-12(18)15(13(19)14(10)21)22-5-4-20-9(2)7-22;;;/h3*6,8-9,20H,3-5,7H2,1-2H3,(H,24,25);3*1H. The highest BCUT2D eigenvalue weighted by molar-refractivity contribution is 5.96. The molecule has 6 aromatic rings. The number of hydrogen-bond donors (Lipinski definition) is 6. The third-order valence-corrected chi connectivity index (χ3v) is 13.5. The number of piperazine rings is 3. The van der Waals surface area contributed by atoms with Gasteiger partial charge in [0.05, 0.1) is 32.7 Å². The van der Waals surface area contributed by atoms with Crippen LogP contribution in [0.2, 0.25) is 0 Å². The second kappa shape index (κ2) is 26.4. The molecule has 3 aromatic heterocycles. The van der Waals surface area contributed by atoms with E-state index in [1.54, 1.807) is 35.5 Å². The van der Waals surface area contributed by atoms with Crippen LogP contribution in [-0.2, 0) is 19.6 Å². The minimum atomic E-state index is -1.42. The molecule has 6 heterocycles. The van der Waals surface area contributed by atoms with Gasteiger partial charge in [0.2, 0.25) is 16.3 Å². The van der Waals surface area contributed by atoms with E-state index < -0.39 is 85.8 Å². The van der Waals surface area contributed by atoms with Crippen molar-refractivity contribution in [2.45, 2.75) is 79.3 Å². The lowest BCUT2D eigenvalue weighted by atomic mass is 10.1. The third-order valence-electron chi connectivity index (χ3n) is 13.5. The second-order valence-corrected chi connectivity index (χ2v) is 18.5. The number of nitrogens with one attached hydrogen (secondary N) is 3. The predicted molar refractivity (Wildman–Crippen MR) is 293 cm³/mol. The Balaban J connectivity index is 0.000000248. The average molecular weight is 1160 g/mol. The molecule has 426 valence electrons. The molecule has 3 unspecified atom stereocenters. The Morgan fingerprint density at radius 1 is 0.474 bits per heavy atom. The summed E-state index contributed by atoms with van der Waals surface area (Å²) >= 11 is 0. The third kappa shape index (κ3) is 12.5. The van der Waals surface area contributed by atoms with E-state index in [4.69, 9.17) is 15.3 Å². The molecule has 0 bridgehead atoms. The predicted octanol–water partition coefficient (Wildman–Crippen LogP) is 6.65. The van der Waals surface area contributed by atoms with E-state index in [-0.39, 0.29) is 125 Å². The van der Waals surface area contributed by atoms with Crippen LogP contribution >= 0.6 is 37.2 Å². The summed E-state index contributed by atoms with van der Waals surface area (Å²) in [6.45, 7) is 16.0. The highest BCUT2D eigenvalue weighted by atomic mass is 35.5. The zero-order valence-corrected chi connectivity index (χ0v) is 45.6. The molecule has 0 radical (unpaired) electrons. The van der Waals surface area contributed by atoms with Crippen LogP contribution in [0.4, 0.5) is 43.4 Å². The van der Waals surface area contributed by atoms with Gasteiger partial charge in [-0.05, 0) is 59.7 Å². The number of hydrogen-bond acceptors (Lipinski definition) is 12. The van der Waals surface area contributed by atoms with Crippen molar-refractivity contribution in [3.8, 4) is 0 Å². The van der Waals surface area contributed by atoms with Gasteiger partial charge in [-0.2, -0.15) is 0 Å². The van der Waals surface area contributed by atoms with Gasteiger partial charge in [0, 0.05) is 115 Å². The number of carbonyl (C=O) groups is 3. The minimum Gasteiger partial charge on any atom is -0.477 e. The number of carboxylic acid groups (broad SMARTS) is 3. The van der Waals surface area contributed by atoms with Crippen molar-refractivity contribution in [3.63, 3.8) is 0 Å². The molecular formula is C51H60Cl3F6N9O9. The second-order valence-electron chi connectivity index (χ2n) is 18.5. The maximum atomic E-state index is 15.2. The summed E-state index contributed by atoms with van der Waals surface area (Å²) in [7, 11) is 0. The van der Waals surface area contributed by atoms with Crippen molar-refractivity contribution in [2.75, 3.05) is 73.6 Å². The lowest BCUT2D eigenvalue weighted by Gasteiger charge is -2.34. The highest BCUT2D eigenvalue weighted by Crippen LogP contribution is 2.34. The van der Waals surface area contributed by atoms with Crippen molar-refractivity contribution >= 4 is 105 Å². The van der Waals surface area contributed by atoms with E-state index in [1.807, 2.05) is 20.8 Å². The number of halogens is 9. The molecule has 78 heavy (non-hydrogen) atoms. The van der Waals surface area contributed by atoms with Crippen molar-refractivity contribution in [2.24, 2.45) is 0 Å². The average Bonchev–Trinajstić information content (AvgIpc) is 3.37. The van der Waals surface area contributed by atoms with Crippen LogP contribution in [0.15, 0.2) is 51.2 Å². The van der Waals surface area contributed by atoms with Gasteiger partial charge < -0.3 is 59.7 Å². The van der Waals surface area contributed by atoms with Gasteiger partial charge >= 0.3 is 17.9 Å². The zero-order chi connectivity index (χ0) is 54.9. The Morgan fingerprint density at radius 2 is 0.705 bits per heavy atom. The number of aromatic nitrogens is 3. The van der Waals surface area contributed by atoms with Crippen molar-refractivity contribution in [3.05, 3.63) is 119 Å². The molecular weight excluding hydrogens is 1100 g/mol. The first-order chi connectivity index (χ1) is 35.5. The number of fused-ring (bicyclic) bond motifs is 3. The van der Waals surface area contributed by atoms with Crippen LogP contribution in [0.25, 0.3) is 32.7 Å². The van der Waals surface area contributed by atoms with Gasteiger partial charge in [0.25, 0.3) is 0 Å². The number of pyridine rings is 3. The molecule has 3 aliphatic rings. The van der Waals surface area contributed by atoms with Crippen molar-refractivity contribution in [1.82, 2.24) is 29.7 Å². The van der Waals surface area contributed by atoms with Crippen molar-refractivity contribution < 1.29 is 56.0 Å². The van der Waals surface area contributed by atoms with Crippen LogP contribution in [0.5, 0.6) is 0 Å². The Kier molecular flexibility index (Phi) is 21.6. The van der Waals surface area contributed by atoms with E-state index in [0.717, 1.165) is 36.8 Å². The van der Waals surface area contributed by atoms with Gasteiger partial charge in [-0.15, -0.1) is 37.2 Å². The Morgan fingerprint density at radius 3 is 0.897 bits per heavy atom. The smallest absolute Gasteiger partial charge is 0.341 e. The van der Waals surface area contributed by atoms with E-state index in [0.29, 0.717) is 58.9 Å². The van der Waals surface area contributed by atoms with E-state index in [1.165, 1.54) is 13.7 Å². The van der Waals surface area contributed by atoms with E-state index in [9.17, 15) is 41.9 Å². The molecule has 0 aliphatic carbocycles. The summed E-state index contributed by atoms with van der Waals surface area (Å²) in [5.41, 5.74) is -4.90. The Labute approximate surface area is 460 Å². The number of aromatic carboxylic acids is 3. The van der Waals surface area contributed by atoms with Crippen LogP contribution < -0.4 is 46.9 Å². The highest BCUT2D eigenvalue weighted by Gasteiger charge is 2.30. The Hall–Kier alpha value is -6.57. The molecule has 0 amide bonds. The number of nitrogens with zero attached hydrogens (tertiary/aromatic N) is 6. The number of aryl methyl sites for hydroxylation is 3. The van der Waals surface area contributed by atoms with Gasteiger partial charge in [-0.25, -0.2) is 40.7 Å². The molecule has 0 saturated carbocycles. The molecule has 3 fully saturated rings. The fraction of sp³-hybridized carbons (Fsp3) is 0.412. The SMILES string of the molecule is CCn1cc(C(=O)O)c(=O)c2cc(F)c(N3CCNC(C)C3)c(F)c21.CCn1cc(C(=O)O)c(=O)c2cc(F)c(N3CCNC(C)C3)c(F)c21.CCn1cc(C(=O)O)c(=O)c2cc(F)c(N3CCNC(C)C3)c(F)c21.Cl.Cl.Cl. The van der Waals surface area contributed by atoms with Crippen LogP contribution in [0.1, 0.15) is 72.6 Å². The minimum absolute atomic E-state index is 0. The normalized spacial score (nSPS) is 17.2. The lowest BCUT2D eigenvalue weighted by Crippen LogP contribution is -2.49. The fourth-order valence-corrected chi connectivity index (χ4v) is 9.91. The molecule has 3 aromatic carbocycles. The summed E-state index contributed by atoms with van der Waals surface area (Å²) in [5, 5.41) is 36.3. The maximum Gasteiger partial charge on any atom is 0.341 e. The first-order valence-corrected chi connectivity index (χ1v) is 24.3. The van der Waals surface area contributed by atoms with Crippen LogP contribution in [0.3, 0.4) is 0 Å². The number of rotatable bonds is 9. The Bertz CT molecular complexity index is 3100.